The van der Waals surface area contributed by atoms with E-state index < -0.39 is 9.84 Å². The third-order valence-corrected chi connectivity index (χ3v) is 8.11. The van der Waals surface area contributed by atoms with Crippen molar-refractivity contribution in [1.82, 2.24) is 15.3 Å². The number of benzene rings is 1. The summed E-state index contributed by atoms with van der Waals surface area (Å²) in [6, 6.07) is 9.84. The summed E-state index contributed by atoms with van der Waals surface area (Å²) < 4.78 is 31.4. The predicted octanol–water partition coefficient (Wildman–Crippen LogP) is 3.50. The molecule has 0 radical (unpaired) electrons. The Morgan fingerprint density at radius 3 is 2.68 bits per heavy atom. The number of amides is 1. The molecule has 0 atom stereocenters. The van der Waals surface area contributed by atoms with Crippen LogP contribution < -0.4 is 10.2 Å². The van der Waals surface area contributed by atoms with Crippen LogP contribution in [0.5, 0.6) is 0 Å². The lowest BCUT2D eigenvalue weighted by atomic mass is 10.2. The Kier molecular flexibility index (Phi) is 5.75. The van der Waals surface area contributed by atoms with Crippen molar-refractivity contribution in [3.63, 3.8) is 0 Å². The molecule has 0 unspecified atom stereocenters. The number of hydrogen-bond donors (Lipinski definition) is 1. The molecule has 31 heavy (non-hydrogen) atoms. The molecule has 4 rings (SSSR count). The van der Waals surface area contributed by atoms with Crippen molar-refractivity contribution in [1.29, 1.82) is 0 Å². The van der Waals surface area contributed by atoms with Gasteiger partial charge in [-0.2, -0.15) is 0 Å². The molecule has 0 fully saturated rings. The summed E-state index contributed by atoms with van der Waals surface area (Å²) in [6.45, 7) is 2.94. The highest BCUT2D eigenvalue weighted by atomic mass is 32.2. The van der Waals surface area contributed by atoms with Gasteiger partial charge in [0.05, 0.1) is 17.3 Å². The first-order valence-corrected chi connectivity index (χ1v) is 11.8. The van der Waals surface area contributed by atoms with Gasteiger partial charge in [-0.15, -0.1) is 0 Å². The monoisotopic (exact) mass is 456 g/mol. The fraction of sp³-hybridized carbons (Fsp3) is 0.190. The van der Waals surface area contributed by atoms with Crippen LogP contribution in [0.25, 0.3) is 11.0 Å². The van der Waals surface area contributed by atoms with Crippen LogP contribution in [0, 0.1) is 0 Å². The van der Waals surface area contributed by atoms with Crippen molar-refractivity contribution in [2.75, 3.05) is 18.5 Å². The van der Waals surface area contributed by atoms with E-state index >= 15 is 0 Å². The molecule has 0 aliphatic rings. The molecule has 8 nitrogen and oxygen atoms in total. The fourth-order valence-corrected chi connectivity index (χ4v) is 5.40. The van der Waals surface area contributed by atoms with E-state index in [9.17, 15) is 13.2 Å². The van der Waals surface area contributed by atoms with Gasteiger partial charge in [0.25, 0.3) is 5.91 Å². The zero-order chi connectivity index (χ0) is 22.0. The smallest absolute Gasteiger partial charge is 0.287 e. The number of carbonyl (C=O) groups excluding carboxylic acids is 1. The van der Waals surface area contributed by atoms with E-state index in [-0.39, 0.29) is 27.3 Å². The van der Waals surface area contributed by atoms with Crippen LogP contribution in [0.15, 0.2) is 68.5 Å². The first kappa shape index (κ1) is 21.0. The van der Waals surface area contributed by atoms with Crippen LogP contribution in [0.4, 0.5) is 5.13 Å². The number of pyridine rings is 1. The van der Waals surface area contributed by atoms with Gasteiger partial charge in [-0.05, 0) is 36.8 Å². The molecule has 0 saturated heterocycles. The van der Waals surface area contributed by atoms with Crippen LogP contribution >= 0.6 is 11.3 Å². The summed E-state index contributed by atoms with van der Waals surface area (Å²) in [5.74, 6) is -0.162. The van der Waals surface area contributed by atoms with Crippen molar-refractivity contribution in [3.8, 4) is 0 Å². The fourth-order valence-electron chi connectivity index (χ4n) is 2.85. The molecular formula is C21H20N4O4S2. The van der Waals surface area contributed by atoms with Gasteiger partial charge in [-0.25, -0.2) is 13.4 Å². The van der Waals surface area contributed by atoms with E-state index in [0.29, 0.717) is 10.7 Å². The molecule has 10 heteroatoms. The van der Waals surface area contributed by atoms with E-state index in [2.05, 4.69) is 15.3 Å². The summed E-state index contributed by atoms with van der Waals surface area (Å²) in [4.78, 5) is 22.6. The Labute approximate surface area is 183 Å². The molecule has 4 aromatic rings. The molecule has 160 valence electrons. The number of hydrogen-bond acceptors (Lipinski definition) is 8. The third kappa shape index (κ3) is 4.30. The lowest BCUT2D eigenvalue weighted by Crippen LogP contribution is -2.22. The number of thiazole rings is 1. The van der Waals surface area contributed by atoms with Crippen LogP contribution in [0.3, 0.4) is 0 Å². The van der Waals surface area contributed by atoms with Gasteiger partial charge in [0.15, 0.2) is 16.5 Å². The largest absolute Gasteiger partial charge is 0.449 e. The lowest BCUT2D eigenvalue weighted by Gasteiger charge is -2.11. The lowest BCUT2D eigenvalue weighted by molar-refractivity contribution is 0.0925. The average Bonchev–Trinajstić information content (AvgIpc) is 3.45. The SMILES string of the molecule is CCN(C)c1ncc(S(=O)(=O)c2ccc(CNC(=O)c3cc4ccncc4o3)cc2)s1. The van der Waals surface area contributed by atoms with Gasteiger partial charge in [0.1, 0.15) is 4.21 Å². The second-order valence-corrected chi connectivity index (χ2v) is 10.0. The topological polar surface area (TPSA) is 105 Å². The Morgan fingerprint density at radius 2 is 1.97 bits per heavy atom. The van der Waals surface area contributed by atoms with Gasteiger partial charge in [-0.3, -0.25) is 9.78 Å². The van der Waals surface area contributed by atoms with E-state index in [4.69, 9.17) is 4.42 Å². The van der Waals surface area contributed by atoms with Gasteiger partial charge >= 0.3 is 0 Å². The van der Waals surface area contributed by atoms with Crippen molar-refractivity contribution in [3.05, 3.63) is 66.3 Å². The van der Waals surface area contributed by atoms with E-state index in [1.165, 1.54) is 18.3 Å². The Bertz CT molecular complexity index is 1290. The number of anilines is 1. The average molecular weight is 457 g/mol. The Balaban J connectivity index is 1.44. The highest BCUT2D eigenvalue weighted by Gasteiger charge is 2.22. The summed E-state index contributed by atoms with van der Waals surface area (Å²) in [5, 5.41) is 4.22. The van der Waals surface area contributed by atoms with Gasteiger partial charge in [0.2, 0.25) is 9.84 Å². The summed E-state index contributed by atoms with van der Waals surface area (Å²) >= 11 is 1.14. The van der Waals surface area contributed by atoms with Crippen molar-refractivity contribution < 1.29 is 17.6 Å². The second kappa shape index (κ2) is 8.48. The van der Waals surface area contributed by atoms with Gasteiger partial charge < -0.3 is 14.6 Å². The maximum Gasteiger partial charge on any atom is 0.287 e. The minimum Gasteiger partial charge on any atom is -0.449 e. The zero-order valence-corrected chi connectivity index (χ0v) is 18.5. The maximum absolute atomic E-state index is 12.9. The standard InChI is InChI=1S/C21H20N4O4S2/c1-3-25(2)21-24-13-19(30-21)31(27,28)16-6-4-14(5-7-16)11-23-20(26)17-10-15-8-9-22-12-18(15)29-17/h4-10,12-13H,3,11H2,1-2H3,(H,23,26). The number of sulfone groups is 1. The number of fused-ring (bicyclic) bond motifs is 1. The number of aromatic nitrogens is 2. The molecule has 0 aliphatic carbocycles. The van der Waals surface area contributed by atoms with Gasteiger partial charge in [0, 0.05) is 31.7 Å². The summed E-state index contributed by atoms with van der Waals surface area (Å²) in [6.07, 6.45) is 4.57. The summed E-state index contributed by atoms with van der Waals surface area (Å²) in [5.41, 5.74) is 1.30. The highest BCUT2D eigenvalue weighted by Crippen LogP contribution is 2.30. The quantitative estimate of drug-likeness (QED) is 0.454. The molecule has 0 aliphatic heterocycles. The first-order chi connectivity index (χ1) is 14.9. The molecule has 0 saturated carbocycles. The summed E-state index contributed by atoms with van der Waals surface area (Å²) in [7, 11) is -1.78. The molecule has 1 amide bonds. The van der Waals surface area contributed by atoms with Crippen LogP contribution in [0.2, 0.25) is 0 Å². The molecule has 3 heterocycles. The minimum absolute atomic E-state index is 0.182. The molecule has 1 aromatic carbocycles. The van der Waals surface area contributed by atoms with Crippen LogP contribution in [-0.2, 0) is 16.4 Å². The van der Waals surface area contributed by atoms with Crippen molar-refractivity contribution in [2.45, 2.75) is 22.6 Å². The number of carbonyl (C=O) groups is 1. The number of nitrogens with zero attached hydrogens (tertiary/aromatic N) is 3. The second-order valence-electron chi connectivity index (χ2n) is 6.83. The third-order valence-electron chi connectivity index (χ3n) is 4.77. The molecule has 0 bridgehead atoms. The van der Waals surface area contributed by atoms with Crippen LogP contribution in [0.1, 0.15) is 23.0 Å². The van der Waals surface area contributed by atoms with E-state index in [1.54, 1.807) is 36.7 Å². The highest BCUT2D eigenvalue weighted by molar-refractivity contribution is 7.93. The molecule has 0 spiro atoms. The van der Waals surface area contributed by atoms with Gasteiger partial charge in [-0.1, -0.05) is 23.5 Å². The number of rotatable bonds is 7. The van der Waals surface area contributed by atoms with Crippen LogP contribution in [-0.4, -0.2) is 37.9 Å². The minimum atomic E-state index is -3.64. The normalized spacial score (nSPS) is 11.5. The Morgan fingerprint density at radius 1 is 1.19 bits per heavy atom. The van der Waals surface area contributed by atoms with E-state index in [1.807, 2.05) is 18.9 Å². The zero-order valence-electron chi connectivity index (χ0n) is 16.9. The van der Waals surface area contributed by atoms with Crippen molar-refractivity contribution >= 4 is 43.2 Å². The number of furan rings is 1. The van der Waals surface area contributed by atoms with Crippen molar-refractivity contribution in [2.24, 2.45) is 0 Å². The first-order valence-electron chi connectivity index (χ1n) is 9.51. The molecular weight excluding hydrogens is 436 g/mol. The predicted molar refractivity (Wildman–Crippen MR) is 118 cm³/mol. The molecule has 1 N–H and O–H groups in total. The number of nitrogens with one attached hydrogen (secondary N) is 1. The molecule has 3 aromatic heterocycles. The Hall–Kier alpha value is -3.24. The maximum atomic E-state index is 12.9. The van der Waals surface area contributed by atoms with E-state index in [0.717, 1.165) is 28.8 Å².